The first-order valence-electron chi connectivity index (χ1n) is 9.45. The van der Waals surface area contributed by atoms with E-state index in [-0.39, 0.29) is 23.9 Å². The van der Waals surface area contributed by atoms with E-state index < -0.39 is 0 Å². The Kier molecular flexibility index (Phi) is 5.32. The van der Waals surface area contributed by atoms with Crippen molar-refractivity contribution < 1.29 is 19.1 Å². The molecular formula is C24H20O4S. The van der Waals surface area contributed by atoms with Crippen LogP contribution >= 0.6 is 11.3 Å². The van der Waals surface area contributed by atoms with Crippen molar-refractivity contribution in [1.82, 2.24) is 0 Å². The van der Waals surface area contributed by atoms with Crippen molar-refractivity contribution in [2.45, 2.75) is 26.7 Å². The minimum Gasteiger partial charge on any atom is -0.452 e. The van der Waals surface area contributed by atoms with Gasteiger partial charge in [-0.25, -0.2) is 0 Å². The second-order valence-corrected chi connectivity index (χ2v) is 7.86. The summed E-state index contributed by atoms with van der Waals surface area (Å²) in [6.07, 6.45) is 2.92. The molecule has 0 aliphatic carbocycles. The van der Waals surface area contributed by atoms with E-state index in [0.717, 1.165) is 16.9 Å². The number of ketones is 1. The fraction of sp³-hybridized carbons (Fsp3) is 0.167. The number of carbonyl (C=O) groups is 2. The number of hydrogen-bond acceptors (Lipinski definition) is 5. The Labute approximate surface area is 173 Å². The van der Waals surface area contributed by atoms with Gasteiger partial charge in [-0.3, -0.25) is 9.59 Å². The van der Waals surface area contributed by atoms with Crippen LogP contribution in [0, 0.1) is 6.92 Å². The van der Waals surface area contributed by atoms with Gasteiger partial charge < -0.3 is 9.47 Å². The highest BCUT2D eigenvalue weighted by Gasteiger charge is 2.30. The van der Waals surface area contributed by atoms with Crippen LogP contribution in [0.25, 0.3) is 6.08 Å². The molecule has 1 aliphatic rings. The minimum atomic E-state index is -0.341. The summed E-state index contributed by atoms with van der Waals surface area (Å²) in [7, 11) is 0. The molecule has 0 fully saturated rings. The van der Waals surface area contributed by atoms with Crippen LogP contribution in [0.3, 0.4) is 0 Å². The van der Waals surface area contributed by atoms with Gasteiger partial charge in [0.05, 0.1) is 12.0 Å². The third-order valence-corrected chi connectivity index (χ3v) is 5.72. The summed E-state index contributed by atoms with van der Waals surface area (Å²) in [5.41, 5.74) is 3.26. The number of thiophene rings is 1. The Morgan fingerprint density at radius 2 is 1.93 bits per heavy atom. The topological polar surface area (TPSA) is 52.6 Å². The third-order valence-electron chi connectivity index (χ3n) is 4.84. The SMILES string of the molecule is CCc1ccc(/C=C2\Oc3c(ccc(OC(=O)Cc4cccs4)c3C)C2=O)cc1. The molecule has 4 rings (SSSR count). The lowest BCUT2D eigenvalue weighted by molar-refractivity contribution is -0.133. The van der Waals surface area contributed by atoms with Gasteiger partial charge in [-0.2, -0.15) is 0 Å². The van der Waals surface area contributed by atoms with Crippen molar-refractivity contribution in [3.8, 4) is 11.5 Å². The van der Waals surface area contributed by atoms with Crippen molar-refractivity contribution in [1.29, 1.82) is 0 Å². The van der Waals surface area contributed by atoms with Crippen LogP contribution < -0.4 is 9.47 Å². The molecule has 2 heterocycles. The second kappa shape index (κ2) is 8.05. The Balaban J connectivity index is 1.54. The number of hydrogen-bond donors (Lipinski definition) is 0. The number of fused-ring (bicyclic) bond motifs is 1. The van der Waals surface area contributed by atoms with Crippen molar-refractivity contribution in [2.75, 3.05) is 0 Å². The second-order valence-electron chi connectivity index (χ2n) is 6.83. The maximum Gasteiger partial charge on any atom is 0.316 e. The summed E-state index contributed by atoms with van der Waals surface area (Å²) in [6.45, 7) is 3.89. The lowest BCUT2D eigenvalue weighted by Crippen LogP contribution is -2.11. The number of ether oxygens (including phenoxy) is 2. The van der Waals surface area contributed by atoms with E-state index >= 15 is 0 Å². The summed E-state index contributed by atoms with van der Waals surface area (Å²) in [5, 5.41) is 1.92. The number of rotatable bonds is 5. The Morgan fingerprint density at radius 1 is 1.14 bits per heavy atom. The van der Waals surface area contributed by atoms with E-state index in [0.29, 0.717) is 22.6 Å². The maximum atomic E-state index is 12.7. The molecule has 0 atom stereocenters. The van der Waals surface area contributed by atoms with Crippen LogP contribution in [-0.2, 0) is 17.6 Å². The van der Waals surface area contributed by atoms with Crippen LogP contribution in [-0.4, -0.2) is 11.8 Å². The Hall–Kier alpha value is -3.18. The Morgan fingerprint density at radius 3 is 2.62 bits per heavy atom. The predicted octanol–water partition coefficient (Wildman–Crippen LogP) is 5.38. The van der Waals surface area contributed by atoms with Crippen LogP contribution in [0.4, 0.5) is 0 Å². The molecule has 0 N–H and O–H groups in total. The number of aryl methyl sites for hydroxylation is 1. The third kappa shape index (κ3) is 4.00. The molecule has 0 saturated carbocycles. The fourth-order valence-corrected chi connectivity index (χ4v) is 3.88. The highest BCUT2D eigenvalue weighted by atomic mass is 32.1. The summed E-state index contributed by atoms with van der Waals surface area (Å²) < 4.78 is 11.4. The van der Waals surface area contributed by atoms with Crippen molar-refractivity contribution in [2.24, 2.45) is 0 Å². The summed E-state index contributed by atoms with van der Waals surface area (Å²) >= 11 is 1.51. The number of Topliss-reactive ketones (excluding diaryl/α,β-unsaturated/α-hetero) is 1. The predicted molar refractivity (Wildman–Crippen MR) is 114 cm³/mol. The van der Waals surface area contributed by atoms with E-state index in [2.05, 4.69) is 6.92 Å². The average Bonchev–Trinajstić information content (AvgIpc) is 3.33. The Bertz CT molecular complexity index is 1090. The van der Waals surface area contributed by atoms with Gasteiger partial charge >= 0.3 is 5.97 Å². The molecule has 0 amide bonds. The molecule has 5 heteroatoms. The van der Waals surface area contributed by atoms with E-state index in [4.69, 9.17) is 9.47 Å². The molecule has 146 valence electrons. The molecule has 29 heavy (non-hydrogen) atoms. The average molecular weight is 404 g/mol. The quantitative estimate of drug-likeness (QED) is 0.325. The van der Waals surface area contributed by atoms with Crippen LogP contribution in [0.15, 0.2) is 59.7 Å². The number of allylic oxidation sites excluding steroid dienone is 1. The zero-order valence-corrected chi connectivity index (χ0v) is 17.0. The van der Waals surface area contributed by atoms with Gasteiger partial charge in [0, 0.05) is 10.4 Å². The highest BCUT2D eigenvalue weighted by Crippen LogP contribution is 2.39. The van der Waals surface area contributed by atoms with Gasteiger partial charge in [-0.1, -0.05) is 37.3 Å². The lowest BCUT2D eigenvalue weighted by atomic mass is 10.0. The van der Waals surface area contributed by atoms with Crippen LogP contribution in [0.5, 0.6) is 11.5 Å². The monoisotopic (exact) mass is 404 g/mol. The van der Waals surface area contributed by atoms with E-state index in [1.54, 1.807) is 25.1 Å². The first-order chi connectivity index (χ1) is 14.0. The van der Waals surface area contributed by atoms with Gasteiger partial charge in [-0.15, -0.1) is 11.3 Å². The molecule has 0 radical (unpaired) electrons. The number of esters is 1. The van der Waals surface area contributed by atoms with Gasteiger partial charge in [0.15, 0.2) is 5.76 Å². The van der Waals surface area contributed by atoms with Crippen molar-refractivity contribution >= 4 is 29.2 Å². The molecule has 1 aromatic heterocycles. The molecule has 0 unspecified atom stereocenters. The van der Waals surface area contributed by atoms with Gasteiger partial charge in [-0.05, 0) is 54.1 Å². The summed E-state index contributed by atoms with van der Waals surface area (Å²) in [6, 6.07) is 15.1. The molecule has 4 nitrogen and oxygen atoms in total. The highest BCUT2D eigenvalue weighted by molar-refractivity contribution is 7.10. The minimum absolute atomic E-state index is 0.167. The standard InChI is InChI=1S/C24H20O4S/c1-3-16-6-8-17(9-7-16)13-21-23(26)19-10-11-20(15(2)24(19)28-21)27-22(25)14-18-5-4-12-29-18/h4-13H,3,14H2,1-2H3/b21-13-. The van der Waals surface area contributed by atoms with Gasteiger partial charge in [0.25, 0.3) is 0 Å². The van der Waals surface area contributed by atoms with Crippen LogP contribution in [0.1, 0.15) is 38.8 Å². The maximum absolute atomic E-state index is 12.7. The molecule has 0 saturated heterocycles. The van der Waals surface area contributed by atoms with E-state index in [1.165, 1.54) is 16.9 Å². The van der Waals surface area contributed by atoms with E-state index in [1.807, 2.05) is 41.8 Å². The molecule has 0 bridgehead atoms. The van der Waals surface area contributed by atoms with Crippen molar-refractivity contribution in [3.63, 3.8) is 0 Å². The first-order valence-corrected chi connectivity index (χ1v) is 10.3. The van der Waals surface area contributed by atoms with Crippen molar-refractivity contribution in [3.05, 3.63) is 86.8 Å². The van der Waals surface area contributed by atoms with Gasteiger partial charge in [0.2, 0.25) is 5.78 Å². The number of benzene rings is 2. The summed E-state index contributed by atoms with van der Waals surface area (Å²) in [4.78, 5) is 25.9. The lowest BCUT2D eigenvalue weighted by Gasteiger charge is -2.09. The summed E-state index contributed by atoms with van der Waals surface area (Å²) in [5.74, 6) is 0.625. The number of carbonyl (C=O) groups excluding carboxylic acids is 2. The smallest absolute Gasteiger partial charge is 0.316 e. The van der Waals surface area contributed by atoms with E-state index in [9.17, 15) is 9.59 Å². The molecule has 3 aromatic rings. The first kappa shape index (κ1) is 19.2. The van der Waals surface area contributed by atoms with Crippen LogP contribution in [0.2, 0.25) is 0 Å². The normalized spacial score (nSPS) is 14.0. The molecule has 1 aliphatic heterocycles. The largest absolute Gasteiger partial charge is 0.452 e. The van der Waals surface area contributed by atoms with Gasteiger partial charge in [0.1, 0.15) is 11.5 Å². The molecular weight excluding hydrogens is 384 g/mol. The fourth-order valence-electron chi connectivity index (χ4n) is 3.19. The molecule has 0 spiro atoms. The zero-order valence-electron chi connectivity index (χ0n) is 16.2. The zero-order chi connectivity index (χ0) is 20.4. The molecule has 2 aromatic carbocycles.